The molecule has 11 aromatic rings. The van der Waals surface area contributed by atoms with Crippen molar-refractivity contribution in [1.29, 1.82) is 0 Å². The summed E-state index contributed by atoms with van der Waals surface area (Å²) in [6, 6.07) is 84.3. The lowest BCUT2D eigenvalue weighted by Crippen LogP contribution is -2.28. The molecule has 2 heteroatoms. The third-order valence-corrected chi connectivity index (χ3v) is 14.6. The lowest BCUT2D eigenvalue weighted by molar-refractivity contribution is 0.666. The van der Waals surface area contributed by atoms with Gasteiger partial charge in [0.1, 0.15) is 0 Å². The molecular weight excluding hydrogens is 797 g/mol. The van der Waals surface area contributed by atoms with Crippen molar-refractivity contribution in [2.24, 2.45) is 0 Å². The van der Waals surface area contributed by atoms with Gasteiger partial charge in [0.2, 0.25) is 0 Å². The molecule has 1 aromatic heterocycles. The third-order valence-electron chi connectivity index (χ3n) is 14.6. The zero-order valence-corrected chi connectivity index (χ0v) is 36.8. The third kappa shape index (κ3) is 5.61. The number of aromatic nitrogens is 2. The highest BCUT2D eigenvalue weighted by Gasteiger charge is 2.46. The van der Waals surface area contributed by atoms with E-state index in [4.69, 9.17) is 9.97 Å². The van der Waals surface area contributed by atoms with E-state index < -0.39 is 5.41 Å². The van der Waals surface area contributed by atoms with Gasteiger partial charge >= 0.3 is 0 Å². The van der Waals surface area contributed by atoms with Crippen molar-refractivity contribution >= 4 is 21.5 Å². The van der Waals surface area contributed by atoms with Gasteiger partial charge in [0.25, 0.3) is 0 Å². The molecule has 10 aromatic carbocycles. The molecule has 2 aliphatic carbocycles. The van der Waals surface area contributed by atoms with Gasteiger partial charge in [-0.25, -0.2) is 9.97 Å². The second-order valence-corrected chi connectivity index (χ2v) is 18.4. The van der Waals surface area contributed by atoms with Gasteiger partial charge in [-0.05, 0) is 113 Å². The summed E-state index contributed by atoms with van der Waals surface area (Å²) in [5, 5.41) is 4.91. The van der Waals surface area contributed by atoms with E-state index in [-0.39, 0.29) is 5.41 Å². The number of benzene rings is 10. The second-order valence-electron chi connectivity index (χ2n) is 18.4. The number of hydrogen-bond acceptors (Lipinski definition) is 2. The Bertz CT molecular complexity index is 3680. The molecule has 0 saturated carbocycles. The van der Waals surface area contributed by atoms with Crippen molar-refractivity contribution in [3.8, 4) is 67.3 Å². The van der Waals surface area contributed by atoms with Gasteiger partial charge in [0.05, 0.1) is 16.8 Å². The van der Waals surface area contributed by atoms with E-state index in [0.29, 0.717) is 5.82 Å². The van der Waals surface area contributed by atoms with Crippen molar-refractivity contribution < 1.29 is 0 Å². The number of nitrogens with zero attached hydrogens (tertiary/aromatic N) is 2. The Hall–Kier alpha value is -8.20. The van der Waals surface area contributed by atoms with E-state index in [2.05, 4.69) is 244 Å². The van der Waals surface area contributed by atoms with Crippen molar-refractivity contribution in [3.63, 3.8) is 0 Å². The van der Waals surface area contributed by atoms with Crippen molar-refractivity contribution in [1.82, 2.24) is 9.97 Å². The molecule has 0 atom stereocenters. The number of rotatable bonds is 6. The van der Waals surface area contributed by atoms with Gasteiger partial charge in [-0.15, -0.1) is 0 Å². The van der Waals surface area contributed by atoms with Crippen LogP contribution in [0.4, 0.5) is 0 Å². The molecule has 2 nitrogen and oxygen atoms in total. The van der Waals surface area contributed by atoms with Crippen LogP contribution in [0.2, 0.25) is 0 Å². The Morgan fingerprint density at radius 1 is 0.318 bits per heavy atom. The SMILES string of the molecule is CC1(C)c2ccc(-c3ccc(-c4nc(-c5ccccc5)cc(-c5ccc6c(c5)C(c5ccccc5)(c5ccccc5)c5ccccc5-6)n4)c4ccccc34)cc2-c2ccc3ccccc3c21. The lowest BCUT2D eigenvalue weighted by Gasteiger charge is -2.34. The van der Waals surface area contributed by atoms with E-state index in [1.165, 1.54) is 82.9 Å². The minimum atomic E-state index is -0.516. The standard InChI is InChI=1S/C64H44N2/c1-63(2)56-37-32-43(38-55(56)53-34-30-41-18-12-13-25-48(41)61(53)63)47-35-36-54(50-27-15-14-26-49(47)50)62-65-59(42-19-6-3-7-20-42)40-60(66-62)44-31-33-52-51-28-16-17-29-57(51)64(58(52)39-44,45-21-8-4-9-22-45)46-23-10-5-11-24-46/h3-40H,1-2H3. The van der Waals surface area contributed by atoms with Gasteiger partial charge < -0.3 is 0 Å². The Morgan fingerprint density at radius 2 is 0.864 bits per heavy atom. The first-order valence-electron chi connectivity index (χ1n) is 23.0. The van der Waals surface area contributed by atoms with Crippen LogP contribution >= 0.6 is 0 Å². The smallest absolute Gasteiger partial charge is 0.161 e. The molecule has 66 heavy (non-hydrogen) atoms. The highest BCUT2D eigenvalue weighted by Crippen LogP contribution is 2.57. The van der Waals surface area contributed by atoms with Gasteiger partial charge in [-0.2, -0.15) is 0 Å². The molecule has 0 fully saturated rings. The summed E-state index contributed by atoms with van der Waals surface area (Å²) < 4.78 is 0. The fourth-order valence-electron chi connectivity index (χ4n) is 11.6. The molecule has 0 spiro atoms. The molecule has 0 radical (unpaired) electrons. The maximum Gasteiger partial charge on any atom is 0.161 e. The molecule has 13 rings (SSSR count). The van der Waals surface area contributed by atoms with Gasteiger partial charge in [-0.3, -0.25) is 0 Å². The minimum Gasteiger partial charge on any atom is -0.228 e. The Balaban J connectivity index is 0.989. The van der Waals surface area contributed by atoms with Crippen LogP contribution in [0, 0.1) is 0 Å². The molecule has 0 aliphatic heterocycles. The summed E-state index contributed by atoms with van der Waals surface area (Å²) in [6.45, 7) is 4.74. The van der Waals surface area contributed by atoms with Crippen molar-refractivity contribution in [2.45, 2.75) is 24.7 Å². The second kappa shape index (κ2) is 14.7. The molecular formula is C64H44N2. The molecule has 0 saturated heterocycles. The average molecular weight is 841 g/mol. The molecule has 310 valence electrons. The first-order valence-corrected chi connectivity index (χ1v) is 23.0. The normalized spacial score (nSPS) is 13.8. The van der Waals surface area contributed by atoms with Crippen LogP contribution in [-0.4, -0.2) is 9.97 Å². The van der Waals surface area contributed by atoms with Crippen LogP contribution in [-0.2, 0) is 10.8 Å². The van der Waals surface area contributed by atoms with Crippen LogP contribution < -0.4 is 0 Å². The minimum absolute atomic E-state index is 0.109. The monoisotopic (exact) mass is 840 g/mol. The number of fused-ring (bicyclic) bond motifs is 9. The average Bonchev–Trinajstić information content (AvgIpc) is 3.81. The van der Waals surface area contributed by atoms with Crippen LogP contribution in [0.1, 0.15) is 47.2 Å². The maximum atomic E-state index is 5.52. The Kier molecular flexibility index (Phi) is 8.51. The Labute approximate surface area is 385 Å². The van der Waals surface area contributed by atoms with E-state index in [9.17, 15) is 0 Å². The zero-order valence-electron chi connectivity index (χ0n) is 36.8. The van der Waals surface area contributed by atoms with E-state index in [0.717, 1.165) is 33.5 Å². The first-order chi connectivity index (χ1) is 32.5. The van der Waals surface area contributed by atoms with Crippen LogP contribution in [0.3, 0.4) is 0 Å². The summed E-state index contributed by atoms with van der Waals surface area (Å²) in [4.78, 5) is 10.9. The summed E-state index contributed by atoms with van der Waals surface area (Å²) in [6.07, 6.45) is 0. The van der Waals surface area contributed by atoms with E-state index in [1.54, 1.807) is 0 Å². The molecule has 1 heterocycles. The van der Waals surface area contributed by atoms with Crippen LogP contribution in [0.25, 0.3) is 88.8 Å². The fraction of sp³-hybridized carbons (Fsp3) is 0.0625. The van der Waals surface area contributed by atoms with Crippen LogP contribution in [0.5, 0.6) is 0 Å². The molecule has 0 N–H and O–H groups in total. The molecule has 2 aliphatic rings. The highest BCUT2D eigenvalue weighted by molar-refractivity contribution is 6.06. The zero-order chi connectivity index (χ0) is 44.0. The summed E-state index contributed by atoms with van der Waals surface area (Å²) in [5.74, 6) is 0.701. The quantitative estimate of drug-likeness (QED) is 0.167. The largest absolute Gasteiger partial charge is 0.228 e. The van der Waals surface area contributed by atoms with Gasteiger partial charge in [0.15, 0.2) is 5.82 Å². The first kappa shape index (κ1) is 38.3. The maximum absolute atomic E-state index is 5.52. The summed E-state index contributed by atoms with van der Waals surface area (Å²) in [7, 11) is 0. The van der Waals surface area contributed by atoms with Crippen LogP contribution in [0.15, 0.2) is 231 Å². The highest BCUT2D eigenvalue weighted by atomic mass is 14.9. The summed E-state index contributed by atoms with van der Waals surface area (Å²) >= 11 is 0. The van der Waals surface area contributed by atoms with E-state index >= 15 is 0 Å². The van der Waals surface area contributed by atoms with Crippen molar-refractivity contribution in [2.75, 3.05) is 0 Å². The van der Waals surface area contributed by atoms with E-state index in [1.807, 2.05) is 0 Å². The lowest BCUT2D eigenvalue weighted by atomic mass is 9.67. The topological polar surface area (TPSA) is 25.8 Å². The fourth-order valence-corrected chi connectivity index (χ4v) is 11.6. The van der Waals surface area contributed by atoms with Gasteiger partial charge in [-0.1, -0.05) is 220 Å². The van der Waals surface area contributed by atoms with Crippen molar-refractivity contribution in [3.05, 3.63) is 264 Å². The molecule has 0 unspecified atom stereocenters. The predicted molar refractivity (Wildman–Crippen MR) is 274 cm³/mol. The Morgan fingerprint density at radius 3 is 1.61 bits per heavy atom. The number of hydrogen-bond donors (Lipinski definition) is 0. The molecule has 0 amide bonds. The molecule has 0 bridgehead atoms. The van der Waals surface area contributed by atoms with Gasteiger partial charge in [0, 0.05) is 22.1 Å². The predicted octanol–water partition coefficient (Wildman–Crippen LogP) is 16.1. The summed E-state index contributed by atoms with van der Waals surface area (Å²) in [5.41, 5.74) is 19.6.